The number of rotatable bonds is 6. The van der Waals surface area contributed by atoms with E-state index in [1.165, 1.54) is 41.2 Å². The number of ether oxygens (including phenoxy) is 1. The van der Waals surface area contributed by atoms with Crippen LogP contribution in [0, 0.1) is 11.6 Å². The number of halogens is 3. The molecule has 0 radical (unpaired) electrons. The number of aromatic nitrogens is 3. The van der Waals surface area contributed by atoms with Crippen LogP contribution < -0.4 is 15.4 Å². The Morgan fingerprint density at radius 1 is 1.00 bits per heavy atom. The second-order valence-electron chi connectivity index (χ2n) is 9.23. The van der Waals surface area contributed by atoms with E-state index in [1.54, 1.807) is 31.3 Å². The maximum absolute atomic E-state index is 14.8. The summed E-state index contributed by atoms with van der Waals surface area (Å²) in [7, 11) is 0. The lowest BCUT2D eigenvalue weighted by Gasteiger charge is -2.23. The van der Waals surface area contributed by atoms with E-state index < -0.39 is 35.5 Å². The summed E-state index contributed by atoms with van der Waals surface area (Å²) in [6.07, 6.45) is 2.12. The fourth-order valence-corrected chi connectivity index (χ4v) is 4.88. The van der Waals surface area contributed by atoms with Gasteiger partial charge in [-0.3, -0.25) is 14.4 Å². The van der Waals surface area contributed by atoms with Crippen LogP contribution >= 0.6 is 11.6 Å². The van der Waals surface area contributed by atoms with Crippen LogP contribution in [0.25, 0.3) is 16.6 Å². The van der Waals surface area contributed by atoms with Crippen molar-refractivity contribution in [3.05, 3.63) is 112 Å². The number of primary amides is 1. The van der Waals surface area contributed by atoms with Crippen molar-refractivity contribution >= 4 is 46.0 Å². The molecule has 6 rings (SSSR count). The zero-order valence-electron chi connectivity index (χ0n) is 21.1. The summed E-state index contributed by atoms with van der Waals surface area (Å²) in [5.74, 6) is -4.02. The molecule has 5 aromatic rings. The van der Waals surface area contributed by atoms with Crippen molar-refractivity contribution in [2.45, 2.75) is 13.0 Å². The van der Waals surface area contributed by atoms with Gasteiger partial charge in [0.05, 0.1) is 32.9 Å². The van der Waals surface area contributed by atoms with Crippen LogP contribution in [-0.2, 0) is 0 Å². The quantitative estimate of drug-likeness (QED) is 0.272. The van der Waals surface area contributed by atoms with Gasteiger partial charge in [-0.1, -0.05) is 23.7 Å². The molecule has 3 aromatic carbocycles. The Morgan fingerprint density at radius 3 is 2.34 bits per heavy atom. The molecule has 0 aliphatic carbocycles. The maximum Gasteiger partial charge on any atom is 0.267 e. The third-order valence-corrected chi connectivity index (χ3v) is 6.97. The number of pyridine rings is 1. The lowest BCUT2D eigenvalue weighted by Crippen LogP contribution is -2.31. The van der Waals surface area contributed by atoms with Crippen LogP contribution in [0.4, 0.5) is 14.6 Å². The number of imide groups is 1. The molecular weight excluding hydrogens is 556 g/mol. The van der Waals surface area contributed by atoms with Gasteiger partial charge < -0.3 is 10.5 Å². The van der Waals surface area contributed by atoms with E-state index in [-0.39, 0.29) is 49.9 Å². The summed E-state index contributed by atoms with van der Waals surface area (Å²) in [4.78, 5) is 44.0. The predicted octanol–water partition coefficient (Wildman–Crippen LogP) is 5.39. The van der Waals surface area contributed by atoms with Crippen molar-refractivity contribution in [3.8, 4) is 11.4 Å². The highest BCUT2D eigenvalue weighted by Gasteiger charge is 2.39. The number of hydrogen-bond donors (Lipinski definition) is 1. The van der Waals surface area contributed by atoms with E-state index in [4.69, 9.17) is 22.1 Å². The van der Waals surface area contributed by atoms with Gasteiger partial charge in [-0.05, 0) is 49.4 Å². The predicted molar refractivity (Wildman–Crippen MR) is 145 cm³/mol. The molecule has 0 saturated carbocycles. The largest absolute Gasteiger partial charge is 0.482 e. The Labute approximate surface area is 235 Å². The lowest BCUT2D eigenvalue weighted by molar-refractivity contribution is 0.0920. The molecule has 2 N–H and O–H groups in total. The Hall–Kier alpha value is -5.16. The Balaban J connectivity index is 1.51. The minimum absolute atomic E-state index is 0.0578. The van der Waals surface area contributed by atoms with Crippen LogP contribution in [0.15, 0.2) is 73.1 Å². The Morgan fingerprint density at radius 2 is 1.71 bits per heavy atom. The van der Waals surface area contributed by atoms with Gasteiger partial charge in [-0.25, -0.2) is 23.3 Å². The maximum atomic E-state index is 14.8. The van der Waals surface area contributed by atoms with Gasteiger partial charge in [0.15, 0.2) is 11.6 Å². The second kappa shape index (κ2) is 9.79. The third-order valence-electron chi connectivity index (χ3n) is 6.68. The standard InChI is InChI=1S/C29H18ClF2N5O4/c1-14(18-11-19(26(33)38)21(31)13-24(18)36-8-4-7-34-36)41-25-10-15-9-22(32)20(30)12-23(15)35-27(25)37-28(39)16-5-2-3-6-17(16)29(37)40/h2-14H,1H3,(H2,33,38). The molecule has 204 valence electrons. The molecule has 3 heterocycles. The van der Waals surface area contributed by atoms with Crippen LogP contribution in [0.3, 0.4) is 0 Å². The van der Waals surface area contributed by atoms with E-state index in [0.29, 0.717) is 5.56 Å². The highest BCUT2D eigenvalue weighted by molar-refractivity contribution is 6.34. The smallest absolute Gasteiger partial charge is 0.267 e. The number of nitrogens with two attached hydrogens (primary N) is 1. The molecule has 41 heavy (non-hydrogen) atoms. The number of benzene rings is 3. The Bertz CT molecular complexity index is 1880. The molecule has 2 aromatic heterocycles. The summed E-state index contributed by atoms with van der Waals surface area (Å²) < 4.78 is 36.8. The summed E-state index contributed by atoms with van der Waals surface area (Å²) in [6.45, 7) is 1.60. The van der Waals surface area contributed by atoms with Crippen molar-refractivity contribution in [2.75, 3.05) is 4.90 Å². The average molecular weight is 574 g/mol. The van der Waals surface area contributed by atoms with Crippen LogP contribution in [0.5, 0.6) is 5.75 Å². The molecule has 0 saturated heterocycles. The molecule has 1 unspecified atom stereocenters. The topological polar surface area (TPSA) is 120 Å². The van der Waals surface area contributed by atoms with E-state index >= 15 is 0 Å². The number of anilines is 1. The van der Waals surface area contributed by atoms with Crippen molar-refractivity contribution in [1.29, 1.82) is 0 Å². The number of carbonyl (C=O) groups is 3. The first-order valence-corrected chi connectivity index (χ1v) is 12.6. The van der Waals surface area contributed by atoms with Gasteiger partial charge >= 0.3 is 0 Å². The number of hydrogen-bond acceptors (Lipinski definition) is 6. The molecule has 9 nitrogen and oxygen atoms in total. The molecule has 0 spiro atoms. The van der Waals surface area contributed by atoms with Gasteiger partial charge in [0, 0.05) is 29.4 Å². The fourth-order valence-electron chi connectivity index (χ4n) is 4.73. The molecule has 12 heteroatoms. The molecular formula is C29H18ClF2N5O4. The highest BCUT2D eigenvalue weighted by Crippen LogP contribution is 2.39. The summed E-state index contributed by atoms with van der Waals surface area (Å²) in [5, 5.41) is 4.23. The van der Waals surface area contributed by atoms with E-state index in [1.807, 2.05) is 0 Å². The molecule has 1 aliphatic heterocycles. The normalized spacial score (nSPS) is 13.5. The lowest BCUT2D eigenvalue weighted by atomic mass is 10.0. The van der Waals surface area contributed by atoms with E-state index in [2.05, 4.69) is 10.1 Å². The average Bonchev–Trinajstić information content (AvgIpc) is 3.56. The SMILES string of the molecule is CC(Oc1cc2cc(F)c(Cl)cc2nc1N1C(=O)c2ccccc2C1=O)c1cc(C(N)=O)c(F)cc1-n1cccn1. The number of amides is 3. The molecule has 0 bridgehead atoms. The van der Waals surface area contributed by atoms with E-state index in [9.17, 15) is 23.2 Å². The summed E-state index contributed by atoms with van der Waals surface area (Å²) >= 11 is 5.98. The van der Waals surface area contributed by atoms with Crippen LogP contribution in [-0.4, -0.2) is 32.5 Å². The first-order chi connectivity index (χ1) is 19.6. The molecule has 0 fully saturated rings. The monoisotopic (exact) mass is 573 g/mol. The van der Waals surface area contributed by atoms with Crippen molar-refractivity contribution in [1.82, 2.24) is 14.8 Å². The number of fused-ring (bicyclic) bond motifs is 2. The minimum atomic E-state index is -0.991. The first-order valence-electron chi connectivity index (χ1n) is 12.2. The van der Waals surface area contributed by atoms with E-state index in [0.717, 1.165) is 17.0 Å². The summed E-state index contributed by atoms with van der Waals surface area (Å²) in [6, 6.07) is 14.1. The van der Waals surface area contributed by atoms with Crippen LogP contribution in [0.1, 0.15) is 49.7 Å². The van der Waals surface area contributed by atoms with Gasteiger partial charge in [0.2, 0.25) is 0 Å². The summed E-state index contributed by atoms with van der Waals surface area (Å²) in [5.41, 5.74) is 6.14. The van der Waals surface area contributed by atoms with Crippen LogP contribution in [0.2, 0.25) is 5.02 Å². The van der Waals surface area contributed by atoms with Gasteiger partial charge in [0.25, 0.3) is 17.7 Å². The fraction of sp³-hybridized carbons (Fsp3) is 0.0690. The zero-order valence-corrected chi connectivity index (χ0v) is 21.9. The van der Waals surface area contributed by atoms with Crippen molar-refractivity contribution in [3.63, 3.8) is 0 Å². The number of nitrogens with zero attached hydrogens (tertiary/aromatic N) is 4. The zero-order chi connectivity index (χ0) is 29.0. The third kappa shape index (κ3) is 4.36. The van der Waals surface area contributed by atoms with Crippen molar-refractivity contribution in [2.24, 2.45) is 5.73 Å². The van der Waals surface area contributed by atoms with Gasteiger partial charge in [-0.2, -0.15) is 5.10 Å². The molecule has 1 atom stereocenters. The molecule has 3 amide bonds. The molecule has 1 aliphatic rings. The highest BCUT2D eigenvalue weighted by atomic mass is 35.5. The van der Waals surface area contributed by atoms with Crippen molar-refractivity contribution < 1.29 is 27.9 Å². The minimum Gasteiger partial charge on any atom is -0.482 e. The second-order valence-corrected chi connectivity index (χ2v) is 9.63. The number of carbonyl (C=O) groups excluding carboxylic acids is 3. The van der Waals surface area contributed by atoms with Gasteiger partial charge in [-0.15, -0.1) is 0 Å². The Kier molecular flexibility index (Phi) is 6.23. The first kappa shape index (κ1) is 26.1. The van der Waals surface area contributed by atoms with Gasteiger partial charge in [0.1, 0.15) is 17.7 Å².